The second-order valence-electron chi connectivity index (χ2n) is 4.72. The number of benzene rings is 1. The highest BCUT2D eigenvalue weighted by atomic mass is 16.5. The first kappa shape index (κ1) is 13.6. The number of aliphatic carboxylic acids is 1. The molecule has 1 N–H and O–H groups in total. The summed E-state index contributed by atoms with van der Waals surface area (Å²) in [5.41, 5.74) is 2.09. The molecule has 1 unspecified atom stereocenters. The summed E-state index contributed by atoms with van der Waals surface area (Å²) in [6.07, 6.45) is 0.593. The van der Waals surface area contributed by atoms with E-state index in [1.807, 2.05) is 39.0 Å². The molecule has 0 aromatic heterocycles. The van der Waals surface area contributed by atoms with Gasteiger partial charge in [-0.1, -0.05) is 24.6 Å². The number of hydrogen-bond donors (Lipinski definition) is 1. The average Bonchev–Trinajstić information content (AvgIpc) is 2.21. The lowest BCUT2D eigenvalue weighted by atomic mass is 9.99. The van der Waals surface area contributed by atoms with Crippen molar-refractivity contribution < 1.29 is 14.6 Å². The van der Waals surface area contributed by atoms with E-state index in [0.717, 1.165) is 16.9 Å². The minimum absolute atomic E-state index is 0.0941. The molecule has 0 saturated carbocycles. The topological polar surface area (TPSA) is 46.5 Å². The van der Waals surface area contributed by atoms with Gasteiger partial charge < -0.3 is 9.84 Å². The molecule has 0 fully saturated rings. The van der Waals surface area contributed by atoms with Crippen LogP contribution in [0.1, 0.15) is 31.9 Å². The number of rotatable bonds is 5. The average molecular weight is 236 g/mol. The highest BCUT2D eigenvalue weighted by molar-refractivity contribution is 5.70. The molecule has 3 nitrogen and oxygen atoms in total. The molecule has 1 rings (SSSR count). The summed E-state index contributed by atoms with van der Waals surface area (Å²) in [4.78, 5) is 10.9. The number of ether oxygens (including phenoxy) is 1. The Morgan fingerprint density at radius 2 is 2.00 bits per heavy atom. The Kier molecular flexibility index (Phi) is 4.55. The van der Waals surface area contributed by atoms with E-state index in [2.05, 4.69) is 0 Å². The van der Waals surface area contributed by atoms with Gasteiger partial charge in [-0.05, 0) is 38.8 Å². The Labute approximate surface area is 102 Å². The molecule has 17 heavy (non-hydrogen) atoms. The fourth-order valence-electron chi connectivity index (χ4n) is 1.65. The second kappa shape index (κ2) is 5.71. The number of carbonyl (C=O) groups is 1. The van der Waals surface area contributed by atoms with Crippen molar-refractivity contribution in [2.45, 2.75) is 40.2 Å². The summed E-state index contributed by atoms with van der Waals surface area (Å²) >= 11 is 0. The van der Waals surface area contributed by atoms with Crippen LogP contribution in [0, 0.1) is 12.8 Å². The van der Waals surface area contributed by atoms with Gasteiger partial charge in [-0.3, -0.25) is 4.79 Å². The fraction of sp³-hybridized carbons (Fsp3) is 0.500. The molecular weight excluding hydrogens is 216 g/mol. The third-order valence-electron chi connectivity index (χ3n) is 2.53. The number of carboxylic acids is 1. The van der Waals surface area contributed by atoms with Crippen LogP contribution in [0.5, 0.6) is 5.75 Å². The van der Waals surface area contributed by atoms with E-state index >= 15 is 0 Å². The summed E-state index contributed by atoms with van der Waals surface area (Å²) in [5.74, 6) is -0.382. The summed E-state index contributed by atoms with van der Waals surface area (Å²) in [6.45, 7) is 7.63. The van der Waals surface area contributed by atoms with Crippen molar-refractivity contribution in [3.63, 3.8) is 0 Å². The van der Waals surface area contributed by atoms with E-state index in [1.165, 1.54) is 0 Å². The van der Waals surface area contributed by atoms with Gasteiger partial charge in [-0.25, -0.2) is 0 Å². The first-order chi connectivity index (χ1) is 7.90. The van der Waals surface area contributed by atoms with Gasteiger partial charge in [-0.2, -0.15) is 0 Å². The Bertz CT molecular complexity index is 396. The molecule has 0 aliphatic heterocycles. The van der Waals surface area contributed by atoms with Crippen molar-refractivity contribution in [1.29, 1.82) is 0 Å². The van der Waals surface area contributed by atoms with E-state index in [-0.39, 0.29) is 6.10 Å². The van der Waals surface area contributed by atoms with E-state index in [4.69, 9.17) is 9.84 Å². The van der Waals surface area contributed by atoms with E-state index in [1.54, 1.807) is 6.92 Å². The number of aryl methyl sites for hydroxylation is 1. The molecule has 0 saturated heterocycles. The molecule has 0 aliphatic rings. The lowest BCUT2D eigenvalue weighted by Gasteiger charge is -2.16. The maximum Gasteiger partial charge on any atom is 0.306 e. The van der Waals surface area contributed by atoms with Crippen molar-refractivity contribution in [2.75, 3.05) is 0 Å². The molecule has 94 valence electrons. The third kappa shape index (κ3) is 4.10. The zero-order chi connectivity index (χ0) is 13.0. The Hall–Kier alpha value is -1.51. The normalized spacial score (nSPS) is 12.5. The Morgan fingerprint density at radius 3 is 2.53 bits per heavy atom. The van der Waals surface area contributed by atoms with E-state index in [0.29, 0.717) is 6.42 Å². The quantitative estimate of drug-likeness (QED) is 0.854. The number of hydrogen-bond acceptors (Lipinski definition) is 2. The van der Waals surface area contributed by atoms with Crippen LogP contribution in [0.3, 0.4) is 0 Å². The fourth-order valence-corrected chi connectivity index (χ4v) is 1.65. The lowest BCUT2D eigenvalue weighted by Crippen LogP contribution is -2.14. The zero-order valence-electron chi connectivity index (χ0n) is 10.9. The zero-order valence-corrected chi connectivity index (χ0v) is 10.9. The van der Waals surface area contributed by atoms with Crippen LogP contribution in [0.2, 0.25) is 0 Å². The molecule has 0 heterocycles. The van der Waals surface area contributed by atoms with Crippen LogP contribution >= 0.6 is 0 Å². The van der Waals surface area contributed by atoms with Crippen molar-refractivity contribution in [3.8, 4) is 5.75 Å². The van der Waals surface area contributed by atoms with Gasteiger partial charge in [0, 0.05) is 0 Å². The van der Waals surface area contributed by atoms with Gasteiger partial charge in [0.05, 0.1) is 12.0 Å². The Morgan fingerprint density at radius 1 is 1.35 bits per heavy atom. The van der Waals surface area contributed by atoms with Gasteiger partial charge in [0.1, 0.15) is 5.75 Å². The summed E-state index contributed by atoms with van der Waals surface area (Å²) in [7, 11) is 0. The Balaban J connectivity index is 2.94. The van der Waals surface area contributed by atoms with Crippen LogP contribution in [-0.2, 0) is 11.2 Å². The lowest BCUT2D eigenvalue weighted by molar-refractivity contribution is -0.141. The van der Waals surface area contributed by atoms with Crippen molar-refractivity contribution in [3.05, 3.63) is 29.3 Å². The van der Waals surface area contributed by atoms with Crippen molar-refractivity contribution >= 4 is 5.97 Å². The SMILES string of the molecule is Cc1ccc(OC(C)C)c(CC(C)C(=O)O)c1. The summed E-state index contributed by atoms with van der Waals surface area (Å²) in [5, 5.41) is 8.94. The van der Waals surface area contributed by atoms with Crippen LogP contribution in [0.4, 0.5) is 0 Å². The molecule has 0 radical (unpaired) electrons. The van der Waals surface area contributed by atoms with Crippen molar-refractivity contribution in [2.24, 2.45) is 5.92 Å². The van der Waals surface area contributed by atoms with Gasteiger partial charge in [-0.15, -0.1) is 0 Å². The maximum atomic E-state index is 10.9. The predicted octanol–water partition coefficient (Wildman–Crippen LogP) is 3.05. The van der Waals surface area contributed by atoms with Crippen LogP contribution in [0.15, 0.2) is 18.2 Å². The molecule has 0 aliphatic carbocycles. The summed E-state index contributed by atoms with van der Waals surface area (Å²) < 4.78 is 5.69. The molecular formula is C14H20O3. The van der Waals surface area contributed by atoms with Gasteiger partial charge >= 0.3 is 5.97 Å². The largest absolute Gasteiger partial charge is 0.491 e. The van der Waals surface area contributed by atoms with Crippen LogP contribution in [0.25, 0.3) is 0 Å². The minimum atomic E-state index is -0.776. The molecule has 1 aromatic carbocycles. The summed E-state index contributed by atoms with van der Waals surface area (Å²) in [6, 6.07) is 5.89. The number of carboxylic acid groups (broad SMARTS) is 1. The standard InChI is InChI=1S/C14H20O3/c1-9(2)17-13-6-5-10(3)7-12(13)8-11(4)14(15)16/h5-7,9,11H,8H2,1-4H3,(H,15,16). The van der Waals surface area contributed by atoms with Gasteiger partial charge in [0.2, 0.25) is 0 Å². The molecule has 3 heteroatoms. The molecule has 1 aromatic rings. The molecule has 1 atom stereocenters. The maximum absolute atomic E-state index is 10.9. The highest BCUT2D eigenvalue weighted by Crippen LogP contribution is 2.24. The van der Waals surface area contributed by atoms with Crippen LogP contribution in [-0.4, -0.2) is 17.2 Å². The van der Waals surface area contributed by atoms with E-state index < -0.39 is 11.9 Å². The monoisotopic (exact) mass is 236 g/mol. The minimum Gasteiger partial charge on any atom is -0.491 e. The first-order valence-electron chi connectivity index (χ1n) is 5.89. The predicted molar refractivity (Wildman–Crippen MR) is 67.4 cm³/mol. The highest BCUT2D eigenvalue weighted by Gasteiger charge is 2.15. The second-order valence-corrected chi connectivity index (χ2v) is 4.72. The van der Waals surface area contributed by atoms with Crippen LogP contribution < -0.4 is 4.74 Å². The first-order valence-corrected chi connectivity index (χ1v) is 5.89. The van der Waals surface area contributed by atoms with Gasteiger partial charge in [0.15, 0.2) is 0 Å². The van der Waals surface area contributed by atoms with E-state index in [9.17, 15) is 4.79 Å². The third-order valence-corrected chi connectivity index (χ3v) is 2.53. The molecule has 0 amide bonds. The smallest absolute Gasteiger partial charge is 0.306 e. The molecule has 0 bridgehead atoms. The molecule has 0 spiro atoms. The van der Waals surface area contributed by atoms with Crippen molar-refractivity contribution in [1.82, 2.24) is 0 Å². The van der Waals surface area contributed by atoms with Gasteiger partial charge in [0.25, 0.3) is 0 Å².